The van der Waals surface area contributed by atoms with E-state index in [0.29, 0.717) is 29.3 Å². The molecule has 6 heteroatoms. The lowest BCUT2D eigenvalue weighted by atomic mass is 10.0. The zero-order chi connectivity index (χ0) is 15.7. The molecule has 118 valence electrons. The van der Waals surface area contributed by atoms with Crippen LogP contribution in [0.3, 0.4) is 0 Å². The summed E-state index contributed by atoms with van der Waals surface area (Å²) in [7, 11) is -1.87. The Labute approximate surface area is 126 Å². The predicted octanol–water partition coefficient (Wildman–Crippen LogP) is 1.98. The Bertz CT molecular complexity index is 622. The van der Waals surface area contributed by atoms with Crippen LogP contribution in [0, 0.1) is 19.3 Å². The molecule has 0 radical (unpaired) electrons. The average Bonchev–Trinajstić information content (AvgIpc) is 3.20. The summed E-state index contributed by atoms with van der Waals surface area (Å²) in [5.74, 6) is 0. The second-order valence-electron chi connectivity index (χ2n) is 5.99. The van der Waals surface area contributed by atoms with Crippen LogP contribution in [0.4, 0.5) is 5.69 Å². The molecule has 1 aromatic rings. The molecule has 0 unspecified atom stereocenters. The number of nitrogens with two attached hydrogens (primary N) is 1. The van der Waals surface area contributed by atoms with E-state index in [9.17, 15) is 8.42 Å². The maximum absolute atomic E-state index is 12.6. The normalized spacial score (nSPS) is 16.9. The number of nitrogen functional groups attached to an aromatic ring is 1. The molecule has 0 aliphatic heterocycles. The Kier molecular flexibility index (Phi) is 4.60. The molecule has 1 aromatic carbocycles. The molecule has 1 saturated carbocycles. The van der Waals surface area contributed by atoms with E-state index in [2.05, 4.69) is 4.72 Å². The molecular weight excluding hydrogens is 288 g/mol. The second-order valence-corrected chi connectivity index (χ2v) is 7.70. The van der Waals surface area contributed by atoms with E-state index < -0.39 is 10.0 Å². The van der Waals surface area contributed by atoms with Crippen molar-refractivity contribution in [1.29, 1.82) is 0 Å². The molecule has 0 atom stereocenters. The molecule has 0 bridgehead atoms. The molecule has 0 spiro atoms. The number of rotatable bonds is 7. The zero-order valence-corrected chi connectivity index (χ0v) is 13.7. The number of nitrogens with one attached hydrogen (secondary N) is 1. The van der Waals surface area contributed by atoms with Crippen molar-refractivity contribution < 1.29 is 13.2 Å². The van der Waals surface area contributed by atoms with E-state index >= 15 is 0 Å². The Morgan fingerprint density at radius 2 is 2.00 bits per heavy atom. The van der Waals surface area contributed by atoms with Crippen molar-refractivity contribution in [1.82, 2.24) is 4.72 Å². The molecule has 0 heterocycles. The van der Waals surface area contributed by atoms with E-state index in [1.165, 1.54) is 0 Å². The van der Waals surface area contributed by atoms with Crippen molar-refractivity contribution >= 4 is 15.7 Å². The summed E-state index contributed by atoms with van der Waals surface area (Å²) in [6.45, 7) is 4.66. The number of aryl methyl sites for hydroxylation is 1. The first-order valence-electron chi connectivity index (χ1n) is 7.16. The fourth-order valence-corrected chi connectivity index (χ4v) is 4.24. The highest BCUT2D eigenvalue weighted by atomic mass is 32.2. The maximum Gasteiger partial charge on any atom is 0.241 e. The summed E-state index contributed by atoms with van der Waals surface area (Å²) in [5, 5.41) is 0. The molecular formula is C15H24N2O3S. The topological polar surface area (TPSA) is 81.4 Å². The van der Waals surface area contributed by atoms with Crippen molar-refractivity contribution in [3.8, 4) is 0 Å². The number of benzene rings is 1. The maximum atomic E-state index is 12.6. The summed E-state index contributed by atoms with van der Waals surface area (Å²) in [6.07, 6.45) is 2.99. The van der Waals surface area contributed by atoms with E-state index in [1.807, 2.05) is 0 Å². The first-order chi connectivity index (χ1) is 9.81. The predicted molar refractivity (Wildman–Crippen MR) is 83.7 cm³/mol. The highest BCUT2D eigenvalue weighted by Gasteiger charge is 2.42. The van der Waals surface area contributed by atoms with Crippen LogP contribution in [0.5, 0.6) is 0 Å². The number of hydrogen-bond acceptors (Lipinski definition) is 4. The van der Waals surface area contributed by atoms with E-state index in [0.717, 1.165) is 24.8 Å². The van der Waals surface area contributed by atoms with E-state index in [1.54, 1.807) is 33.1 Å². The van der Waals surface area contributed by atoms with Gasteiger partial charge >= 0.3 is 0 Å². The number of anilines is 1. The second kappa shape index (κ2) is 5.94. The van der Waals surface area contributed by atoms with Crippen LogP contribution in [0.2, 0.25) is 0 Å². The summed E-state index contributed by atoms with van der Waals surface area (Å²) in [4.78, 5) is 0.310. The highest BCUT2D eigenvalue weighted by molar-refractivity contribution is 7.89. The van der Waals surface area contributed by atoms with Crippen LogP contribution < -0.4 is 10.5 Å². The Hall–Kier alpha value is -1.11. The van der Waals surface area contributed by atoms with Crippen molar-refractivity contribution in [2.24, 2.45) is 5.41 Å². The first kappa shape index (κ1) is 16.3. The lowest BCUT2D eigenvalue weighted by Gasteiger charge is -2.18. The van der Waals surface area contributed by atoms with Gasteiger partial charge in [-0.1, -0.05) is 6.07 Å². The van der Waals surface area contributed by atoms with Gasteiger partial charge < -0.3 is 10.5 Å². The lowest BCUT2D eigenvalue weighted by Crippen LogP contribution is -2.32. The largest absolute Gasteiger partial charge is 0.398 e. The Morgan fingerprint density at radius 3 is 2.57 bits per heavy atom. The minimum Gasteiger partial charge on any atom is -0.398 e. The molecule has 1 aliphatic rings. The fourth-order valence-electron chi connectivity index (χ4n) is 2.59. The lowest BCUT2D eigenvalue weighted by molar-refractivity contribution is 0.173. The fraction of sp³-hybridized carbons (Fsp3) is 0.600. The van der Waals surface area contributed by atoms with Gasteiger partial charge in [0.05, 0.1) is 4.90 Å². The zero-order valence-electron chi connectivity index (χ0n) is 12.9. The van der Waals surface area contributed by atoms with Crippen LogP contribution in [-0.4, -0.2) is 28.7 Å². The van der Waals surface area contributed by atoms with Gasteiger partial charge in [0.15, 0.2) is 0 Å². The number of sulfonamides is 1. The van der Waals surface area contributed by atoms with Crippen molar-refractivity contribution in [3.63, 3.8) is 0 Å². The van der Waals surface area contributed by atoms with Gasteiger partial charge in [-0.2, -0.15) is 0 Å². The van der Waals surface area contributed by atoms with Crippen LogP contribution in [0.15, 0.2) is 17.0 Å². The smallest absolute Gasteiger partial charge is 0.241 e. The highest BCUT2D eigenvalue weighted by Crippen LogP contribution is 2.48. The number of methoxy groups -OCH3 is 1. The minimum absolute atomic E-state index is 0.0746. The van der Waals surface area contributed by atoms with Crippen LogP contribution in [0.1, 0.15) is 30.4 Å². The average molecular weight is 312 g/mol. The van der Waals surface area contributed by atoms with Crippen LogP contribution >= 0.6 is 0 Å². The van der Waals surface area contributed by atoms with Gasteiger partial charge in [0, 0.05) is 25.9 Å². The molecule has 3 N–H and O–H groups in total. The summed E-state index contributed by atoms with van der Waals surface area (Å²) < 4.78 is 33.0. The molecule has 5 nitrogen and oxygen atoms in total. The van der Waals surface area contributed by atoms with Gasteiger partial charge in [0.1, 0.15) is 0 Å². The monoisotopic (exact) mass is 312 g/mol. The van der Waals surface area contributed by atoms with Gasteiger partial charge in [-0.15, -0.1) is 0 Å². The Balaban J connectivity index is 2.15. The molecule has 0 aromatic heterocycles. The first-order valence-corrected chi connectivity index (χ1v) is 8.64. The SMILES string of the molecule is COCCC1(CNS(=O)(=O)c2c(C)ccc(N)c2C)CC1. The quantitative estimate of drug-likeness (QED) is 0.754. The third-order valence-electron chi connectivity index (χ3n) is 4.34. The van der Waals surface area contributed by atoms with E-state index in [-0.39, 0.29) is 5.41 Å². The molecule has 21 heavy (non-hydrogen) atoms. The van der Waals surface area contributed by atoms with Crippen molar-refractivity contribution in [2.75, 3.05) is 26.0 Å². The van der Waals surface area contributed by atoms with Gasteiger partial charge in [0.2, 0.25) is 10.0 Å². The number of hydrogen-bond donors (Lipinski definition) is 2. The molecule has 2 rings (SSSR count). The van der Waals surface area contributed by atoms with Crippen molar-refractivity contribution in [2.45, 2.75) is 38.0 Å². The molecule has 0 saturated heterocycles. The summed E-state index contributed by atoms with van der Waals surface area (Å²) >= 11 is 0. The third kappa shape index (κ3) is 3.56. The van der Waals surface area contributed by atoms with Crippen LogP contribution in [-0.2, 0) is 14.8 Å². The molecule has 0 amide bonds. The Morgan fingerprint density at radius 1 is 1.33 bits per heavy atom. The molecule has 1 fully saturated rings. The summed E-state index contributed by atoms with van der Waals surface area (Å²) in [5.41, 5.74) is 7.75. The van der Waals surface area contributed by atoms with Crippen LogP contribution in [0.25, 0.3) is 0 Å². The van der Waals surface area contributed by atoms with Gasteiger partial charge in [0.25, 0.3) is 0 Å². The van der Waals surface area contributed by atoms with Gasteiger partial charge in [-0.3, -0.25) is 0 Å². The summed E-state index contributed by atoms with van der Waals surface area (Å²) in [6, 6.07) is 3.49. The number of ether oxygens (including phenoxy) is 1. The van der Waals surface area contributed by atoms with Crippen molar-refractivity contribution in [3.05, 3.63) is 23.3 Å². The standard InChI is InChI=1S/C15H24N2O3S/c1-11-4-5-13(16)12(2)14(11)21(18,19)17-10-15(6-7-15)8-9-20-3/h4-5,17H,6-10,16H2,1-3H3. The minimum atomic E-state index is -3.53. The molecule has 1 aliphatic carbocycles. The van der Waals surface area contributed by atoms with E-state index in [4.69, 9.17) is 10.5 Å². The third-order valence-corrected chi connectivity index (χ3v) is 6.03. The van der Waals surface area contributed by atoms with Gasteiger partial charge in [-0.05, 0) is 55.7 Å². The van der Waals surface area contributed by atoms with Gasteiger partial charge in [-0.25, -0.2) is 13.1 Å².